The first-order valence-corrected chi connectivity index (χ1v) is 7.54. The molecule has 0 saturated heterocycles. The molecule has 1 aromatic carbocycles. The van der Waals surface area contributed by atoms with Crippen molar-refractivity contribution < 1.29 is 9.68 Å². The van der Waals surface area contributed by atoms with Gasteiger partial charge in [0.05, 0.1) is 0 Å². The van der Waals surface area contributed by atoms with Gasteiger partial charge >= 0.3 is 7.69 Å². The van der Waals surface area contributed by atoms with Crippen LogP contribution in [0.15, 0.2) is 30.5 Å². The van der Waals surface area contributed by atoms with E-state index in [2.05, 4.69) is 57.8 Å². The molecule has 3 nitrogen and oxygen atoms in total. The fraction of sp³-hybridized carbons (Fsp3) is 0.389. The number of hydrogen-bond donors (Lipinski definition) is 1. The molecule has 0 unspecified atom stereocenters. The van der Waals surface area contributed by atoms with E-state index in [1.54, 1.807) is 6.20 Å². The number of pyridine rings is 1. The Bertz CT molecular complexity index is 732. The summed E-state index contributed by atoms with van der Waals surface area (Å²) in [7, 11) is 0.692. The lowest BCUT2D eigenvalue weighted by molar-refractivity contribution is 0.443. The first-order chi connectivity index (χ1) is 10.3. The van der Waals surface area contributed by atoms with E-state index in [9.17, 15) is 0 Å². The minimum Gasteiger partial charge on any atom is -0.523 e. The zero-order valence-corrected chi connectivity index (χ0v) is 13.8. The van der Waals surface area contributed by atoms with Crippen molar-refractivity contribution in [2.24, 2.45) is 0 Å². The highest BCUT2D eigenvalue weighted by atomic mass is 16.5. The summed E-state index contributed by atoms with van der Waals surface area (Å²) in [5.74, 6) is 0.454. The van der Waals surface area contributed by atoms with Crippen LogP contribution >= 0.6 is 0 Å². The molecule has 1 N–H and O–H groups in total. The van der Waals surface area contributed by atoms with Gasteiger partial charge in [-0.1, -0.05) is 52.8 Å². The van der Waals surface area contributed by atoms with Gasteiger partial charge in [-0.05, 0) is 33.7 Å². The summed E-state index contributed by atoms with van der Waals surface area (Å²) < 4.78 is 5.22. The molecule has 0 amide bonds. The summed E-state index contributed by atoms with van der Waals surface area (Å²) in [6.45, 7) is 11.1. The Morgan fingerprint density at radius 3 is 2.50 bits per heavy atom. The lowest BCUT2D eigenvalue weighted by Gasteiger charge is -2.25. The fourth-order valence-corrected chi connectivity index (χ4v) is 3.25. The summed E-state index contributed by atoms with van der Waals surface area (Å²) in [4.78, 5) is 4.26. The standard InChI is InChI=1S/C18H21BNO2/c1-17(2,3)11-6-7-12-14(10-11)18(4,5)13-8-9-20-16(15(12)13)22-19-21/h6-10,21H,1-5H3. The molecule has 0 spiro atoms. The monoisotopic (exact) mass is 294 g/mol. The molecule has 1 aliphatic carbocycles. The van der Waals surface area contributed by atoms with Crippen LogP contribution in [-0.4, -0.2) is 17.7 Å². The van der Waals surface area contributed by atoms with Crippen LogP contribution in [0.1, 0.15) is 51.3 Å². The molecule has 1 aromatic heterocycles. The first-order valence-electron chi connectivity index (χ1n) is 7.54. The Morgan fingerprint density at radius 2 is 1.86 bits per heavy atom. The Hall–Kier alpha value is -1.81. The van der Waals surface area contributed by atoms with Crippen molar-refractivity contribution in [3.05, 3.63) is 47.2 Å². The quantitative estimate of drug-likeness (QED) is 0.861. The third-order valence-corrected chi connectivity index (χ3v) is 4.58. The number of hydrogen-bond acceptors (Lipinski definition) is 3. The van der Waals surface area contributed by atoms with Gasteiger partial charge in [0.15, 0.2) is 0 Å². The minimum absolute atomic E-state index is 0.107. The third kappa shape index (κ3) is 2.14. The lowest BCUT2D eigenvalue weighted by Crippen LogP contribution is -2.17. The zero-order valence-electron chi connectivity index (χ0n) is 13.8. The van der Waals surface area contributed by atoms with E-state index in [0.717, 1.165) is 11.1 Å². The predicted molar refractivity (Wildman–Crippen MR) is 89.1 cm³/mol. The third-order valence-electron chi connectivity index (χ3n) is 4.58. The van der Waals surface area contributed by atoms with E-state index in [0.29, 0.717) is 13.6 Å². The van der Waals surface area contributed by atoms with Crippen molar-refractivity contribution in [3.63, 3.8) is 0 Å². The van der Waals surface area contributed by atoms with Gasteiger partial charge in [-0.15, -0.1) is 0 Å². The highest BCUT2D eigenvalue weighted by Crippen LogP contribution is 2.52. The normalized spacial score (nSPS) is 15.2. The Morgan fingerprint density at radius 1 is 1.14 bits per heavy atom. The van der Waals surface area contributed by atoms with E-state index in [1.165, 1.54) is 16.7 Å². The van der Waals surface area contributed by atoms with Crippen LogP contribution in [0.5, 0.6) is 5.88 Å². The van der Waals surface area contributed by atoms with Gasteiger partial charge in [0.2, 0.25) is 5.88 Å². The molecule has 0 aliphatic heterocycles. The molecule has 3 rings (SSSR count). The van der Waals surface area contributed by atoms with Crippen LogP contribution in [-0.2, 0) is 10.8 Å². The molecule has 22 heavy (non-hydrogen) atoms. The molecule has 0 saturated carbocycles. The predicted octanol–water partition coefficient (Wildman–Crippen LogP) is 3.59. The summed E-state index contributed by atoms with van der Waals surface area (Å²) in [6, 6.07) is 8.65. The van der Waals surface area contributed by atoms with Crippen LogP contribution in [0.3, 0.4) is 0 Å². The van der Waals surface area contributed by atoms with Crippen molar-refractivity contribution in [3.8, 4) is 17.0 Å². The summed E-state index contributed by atoms with van der Waals surface area (Å²) in [5, 5.41) is 8.99. The van der Waals surface area contributed by atoms with Crippen LogP contribution < -0.4 is 4.65 Å². The molecule has 0 atom stereocenters. The maximum atomic E-state index is 8.99. The summed E-state index contributed by atoms with van der Waals surface area (Å²) in [6.07, 6.45) is 1.73. The average molecular weight is 294 g/mol. The van der Waals surface area contributed by atoms with E-state index < -0.39 is 0 Å². The molecular weight excluding hydrogens is 273 g/mol. The van der Waals surface area contributed by atoms with Gasteiger partial charge in [0.1, 0.15) is 0 Å². The van der Waals surface area contributed by atoms with Crippen molar-refractivity contribution >= 4 is 7.69 Å². The second-order valence-corrected chi connectivity index (χ2v) is 7.40. The fourth-order valence-electron chi connectivity index (χ4n) is 3.25. The average Bonchev–Trinajstić information content (AvgIpc) is 2.68. The second kappa shape index (κ2) is 4.85. The Balaban J connectivity index is 2.26. The molecule has 4 heteroatoms. The molecule has 0 bridgehead atoms. The largest absolute Gasteiger partial charge is 0.570 e. The Kier molecular flexibility index (Phi) is 3.33. The number of rotatable bonds is 2. The minimum atomic E-state index is -0.109. The maximum Gasteiger partial charge on any atom is 0.570 e. The molecule has 1 heterocycles. The second-order valence-electron chi connectivity index (χ2n) is 7.40. The first kappa shape index (κ1) is 15.1. The van der Waals surface area contributed by atoms with Gasteiger partial charge < -0.3 is 9.68 Å². The molecular formula is C18H21BNO2. The van der Waals surface area contributed by atoms with Crippen LogP contribution in [0.2, 0.25) is 0 Å². The number of fused-ring (bicyclic) bond motifs is 3. The van der Waals surface area contributed by atoms with E-state index in [4.69, 9.17) is 9.68 Å². The number of aromatic nitrogens is 1. The maximum absolute atomic E-state index is 8.99. The van der Waals surface area contributed by atoms with Crippen LogP contribution in [0.25, 0.3) is 11.1 Å². The van der Waals surface area contributed by atoms with Crippen LogP contribution in [0.4, 0.5) is 0 Å². The van der Waals surface area contributed by atoms with Gasteiger partial charge in [-0.2, -0.15) is 0 Å². The smallest absolute Gasteiger partial charge is 0.523 e. The van der Waals surface area contributed by atoms with Crippen molar-refractivity contribution in [1.29, 1.82) is 0 Å². The van der Waals surface area contributed by atoms with E-state index in [-0.39, 0.29) is 10.8 Å². The molecule has 2 aromatic rings. The van der Waals surface area contributed by atoms with Gasteiger partial charge in [0.25, 0.3) is 0 Å². The van der Waals surface area contributed by atoms with Gasteiger partial charge in [0, 0.05) is 17.2 Å². The summed E-state index contributed by atoms with van der Waals surface area (Å²) in [5.41, 5.74) is 5.90. The molecule has 1 radical (unpaired) electrons. The molecule has 1 aliphatic rings. The number of nitrogens with zero attached hydrogens (tertiary/aromatic N) is 1. The lowest BCUT2D eigenvalue weighted by atomic mass is 9.79. The molecule has 113 valence electrons. The SMILES string of the molecule is CC(C)(C)c1ccc2c(c1)C(C)(C)c1ccnc(O[B]O)c1-2. The van der Waals surface area contributed by atoms with Crippen molar-refractivity contribution in [2.45, 2.75) is 45.4 Å². The summed E-state index contributed by atoms with van der Waals surface area (Å²) >= 11 is 0. The van der Waals surface area contributed by atoms with Crippen molar-refractivity contribution in [2.75, 3.05) is 0 Å². The molecule has 0 fully saturated rings. The van der Waals surface area contributed by atoms with Crippen molar-refractivity contribution in [1.82, 2.24) is 4.98 Å². The number of benzene rings is 1. The van der Waals surface area contributed by atoms with Gasteiger partial charge in [-0.3, -0.25) is 0 Å². The Labute approximate surface area is 132 Å². The highest BCUT2D eigenvalue weighted by molar-refractivity contribution is 6.17. The van der Waals surface area contributed by atoms with E-state index >= 15 is 0 Å². The van der Waals surface area contributed by atoms with Gasteiger partial charge in [-0.25, -0.2) is 4.98 Å². The topological polar surface area (TPSA) is 42.4 Å². The van der Waals surface area contributed by atoms with E-state index in [1.807, 2.05) is 6.07 Å². The zero-order chi connectivity index (χ0) is 16.1. The van der Waals surface area contributed by atoms with Crippen LogP contribution in [0, 0.1) is 0 Å². The highest BCUT2D eigenvalue weighted by Gasteiger charge is 2.38.